The molecule has 2 aromatic carbocycles. The van der Waals surface area contributed by atoms with E-state index in [4.69, 9.17) is 5.73 Å². The molecule has 1 nitrogen and oxygen atoms in total. The summed E-state index contributed by atoms with van der Waals surface area (Å²) in [5.41, 5.74) is 7.81. The lowest BCUT2D eigenvalue weighted by molar-refractivity contribution is 1.03. The third-order valence-electron chi connectivity index (χ3n) is 2.63. The van der Waals surface area contributed by atoms with E-state index in [-0.39, 0.29) is 0 Å². The Morgan fingerprint density at radius 2 is 1.81 bits per heavy atom. The molecule has 0 saturated carbocycles. The van der Waals surface area contributed by atoms with Crippen LogP contribution in [-0.4, -0.2) is 6.54 Å². The smallest absolute Gasteiger partial charge is 0.0323 e. The second-order valence-electron chi connectivity index (χ2n) is 3.82. The highest BCUT2D eigenvalue weighted by atomic mass is 14.5. The SMILES string of the molecule is Cc1ccc(C#CCCN)c2ccccc12. The standard InChI is InChI=1S/C15H15N/c1-12-9-10-13(6-4-5-11-16)15-8-3-2-7-14(12)15/h2-3,7-10H,5,11,16H2,1H3. The summed E-state index contributed by atoms with van der Waals surface area (Å²) in [4.78, 5) is 0. The molecule has 0 bridgehead atoms. The van der Waals surface area contributed by atoms with Crippen LogP contribution in [0.3, 0.4) is 0 Å². The number of rotatable bonds is 1. The number of nitrogens with two attached hydrogens (primary N) is 1. The van der Waals surface area contributed by atoms with Gasteiger partial charge in [-0.1, -0.05) is 42.2 Å². The van der Waals surface area contributed by atoms with E-state index >= 15 is 0 Å². The Kier molecular flexibility index (Phi) is 3.24. The Balaban J connectivity index is 2.56. The Bertz CT molecular complexity index is 558. The highest BCUT2D eigenvalue weighted by molar-refractivity contribution is 5.90. The van der Waals surface area contributed by atoms with Gasteiger partial charge in [0.1, 0.15) is 0 Å². The molecule has 0 aromatic heterocycles. The number of hydrogen-bond donors (Lipinski definition) is 1. The zero-order valence-corrected chi connectivity index (χ0v) is 9.46. The molecular weight excluding hydrogens is 194 g/mol. The maximum Gasteiger partial charge on any atom is 0.0323 e. The number of fused-ring (bicyclic) bond motifs is 1. The zero-order chi connectivity index (χ0) is 11.4. The predicted octanol–water partition coefficient (Wildman–Crippen LogP) is 2.85. The van der Waals surface area contributed by atoms with Crippen LogP contribution in [-0.2, 0) is 0 Å². The zero-order valence-electron chi connectivity index (χ0n) is 9.46. The summed E-state index contributed by atoms with van der Waals surface area (Å²) in [6, 6.07) is 12.6. The van der Waals surface area contributed by atoms with Crippen LogP contribution in [0.5, 0.6) is 0 Å². The fourth-order valence-electron chi connectivity index (χ4n) is 1.79. The Labute approximate surface area is 96.3 Å². The molecule has 0 amide bonds. The van der Waals surface area contributed by atoms with Gasteiger partial charge in [0, 0.05) is 18.5 Å². The van der Waals surface area contributed by atoms with E-state index in [9.17, 15) is 0 Å². The van der Waals surface area contributed by atoms with Crippen molar-refractivity contribution in [3.05, 3.63) is 47.5 Å². The van der Waals surface area contributed by atoms with E-state index in [0.717, 1.165) is 12.0 Å². The van der Waals surface area contributed by atoms with Crippen LogP contribution in [0.1, 0.15) is 17.5 Å². The maximum atomic E-state index is 5.43. The molecule has 0 aliphatic rings. The quantitative estimate of drug-likeness (QED) is 0.718. The van der Waals surface area contributed by atoms with Crippen LogP contribution < -0.4 is 5.73 Å². The summed E-state index contributed by atoms with van der Waals surface area (Å²) < 4.78 is 0. The molecule has 0 saturated heterocycles. The molecule has 0 aliphatic heterocycles. The average molecular weight is 209 g/mol. The molecule has 80 valence electrons. The Morgan fingerprint density at radius 1 is 1.06 bits per heavy atom. The largest absolute Gasteiger partial charge is 0.330 e. The summed E-state index contributed by atoms with van der Waals surface area (Å²) in [5, 5.41) is 2.51. The maximum absolute atomic E-state index is 5.43. The van der Waals surface area contributed by atoms with E-state index in [1.165, 1.54) is 16.3 Å². The van der Waals surface area contributed by atoms with Crippen molar-refractivity contribution in [3.8, 4) is 11.8 Å². The summed E-state index contributed by atoms with van der Waals surface area (Å²) in [6.45, 7) is 2.75. The average Bonchev–Trinajstić information content (AvgIpc) is 2.33. The van der Waals surface area contributed by atoms with Gasteiger partial charge in [-0.15, -0.1) is 0 Å². The van der Waals surface area contributed by atoms with Gasteiger partial charge in [0.25, 0.3) is 0 Å². The topological polar surface area (TPSA) is 26.0 Å². The number of benzene rings is 2. The van der Waals surface area contributed by atoms with Crippen LogP contribution in [0.15, 0.2) is 36.4 Å². The summed E-state index contributed by atoms with van der Waals surface area (Å²) in [7, 11) is 0. The predicted molar refractivity (Wildman–Crippen MR) is 69.2 cm³/mol. The van der Waals surface area contributed by atoms with Gasteiger partial charge < -0.3 is 5.73 Å². The first-order valence-corrected chi connectivity index (χ1v) is 5.50. The van der Waals surface area contributed by atoms with Gasteiger partial charge in [-0.3, -0.25) is 0 Å². The fourth-order valence-corrected chi connectivity index (χ4v) is 1.79. The molecule has 0 unspecified atom stereocenters. The van der Waals surface area contributed by atoms with Crippen molar-refractivity contribution in [3.63, 3.8) is 0 Å². The third-order valence-corrected chi connectivity index (χ3v) is 2.63. The van der Waals surface area contributed by atoms with Crippen LogP contribution >= 0.6 is 0 Å². The van der Waals surface area contributed by atoms with Crippen molar-refractivity contribution >= 4 is 10.8 Å². The van der Waals surface area contributed by atoms with Crippen LogP contribution in [0.4, 0.5) is 0 Å². The second kappa shape index (κ2) is 4.83. The highest BCUT2D eigenvalue weighted by Gasteiger charge is 1.99. The first-order chi connectivity index (χ1) is 7.83. The van der Waals surface area contributed by atoms with Crippen LogP contribution in [0.25, 0.3) is 10.8 Å². The summed E-state index contributed by atoms with van der Waals surface area (Å²) >= 11 is 0. The molecule has 0 atom stereocenters. The van der Waals surface area contributed by atoms with Gasteiger partial charge in [-0.05, 0) is 29.3 Å². The van der Waals surface area contributed by atoms with Crippen molar-refractivity contribution < 1.29 is 0 Å². The highest BCUT2D eigenvalue weighted by Crippen LogP contribution is 2.21. The van der Waals surface area contributed by atoms with Gasteiger partial charge >= 0.3 is 0 Å². The minimum absolute atomic E-state index is 0.622. The lowest BCUT2D eigenvalue weighted by atomic mass is 10.0. The van der Waals surface area contributed by atoms with E-state index < -0.39 is 0 Å². The normalized spacial score (nSPS) is 9.88. The van der Waals surface area contributed by atoms with Crippen molar-refractivity contribution in [1.29, 1.82) is 0 Å². The van der Waals surface area contributed by atoms with Gasteiger partial charge in [-0.25, -0.2) is 0 Å². The van der Waals surface area contributed by atoms with Crippen molar-refractivity contribution in [2.45, 2.75) is 13.3 Å². The van der Waals surface area contributed by atoms with Crippen LogP contribution in [0, 0.1) is 18.8 Å². The Hall–Kier alpha value is -1.78. The van der Waals surface area contributed by atoms with E-state index in [0.29, 0.717) is 6.54 Å². The second-order valence-corrected chi connectivity index (χ2v) is 3.82. The first-order valence-electron chi connectivity index (χ1n) is 5.50. The number of aryl methyl sites for hydroxylation is 1. The van der Waals surface area contributed by atoms with Crippen LogP contribution in [0.2, 0.25) is 0 Å². The lowest BCUT2D eigenvalue weighted by Crippen LogP contribution is -1.95. The molecule has 2 rings (SSSR count). The molecule has 0 heterocycles. The fraction of sp³-hybridized carbons (Fsp3) is 0.200. The molecule has 0 spiro atoms. The monoisotopic (exact) mass is 209 g/mol. The molecule has 0 aliphatic carbocycles. The minimum atomic E-state index is 0.622. The van der Waals surface area contributed by atoms with Gasteiger partial charge in [0.05, 0.1) is 0 Å². The first kappa shape index (κ1) is 10.7. The minimum Gasteiger partial charge on any atom is -0.330 e. The molecule has 1 heteroatoms. The third kappa shape index (κ3) is 2.08. The van der Waals surface area contributed by atoms with Gasteiger partial charge in [-0.2, -0.15) is 0 Å². The number of hydrogen-bond acceptors (Lipinski definition) is 1. The Morgan fingerprint density at radius 3 is 2.56 bits per heavy atom. The molecule has 2 aromatic rings. The van der Waals surface area contributed by atoms with E-state index in [1.54, 1.807) is 0 Å². The molecular formula is C15H15N. The van der Waals surface area contributed by atoms with Crippen molar-refractivity contribution in [2.24, 2.45) is 5.73 Å². The van der Waals surface area contributed by atoms with Gasteiger partial charge in [0.2, 0.25) is 0 Å². The molecule has 0 radical (unpaired) electrons. The lowest BCUT2D eigenvalue weighted by Gasteiger charge is -2.03. The van der Waals surface area contributed by atoms with E-state index in [2.05, 4.69) is 55.2 Å². The van der Waals surface area contributed by atoms with E-state index in [1.807, 2.05) is 0 Å². The molecule has 16 heavy (non-hydrogen) atoms. The molecule has 2 N–H and O–H groups in total. The van der Waals surface area contributed by atoms with Crippen molar-refractivity contribution in [2.75, 3.05) is 6.54 Å². The molecule has 0 fully saturated rings. The summed E-state index contributed by atoms with van der Waals surface area (Å²) in [6.07, 6.45) is 0.752. The van der Waals surface area contributed by atoms with Gasteiger partial charge in [0.15, 0.2) is 0 Å². The summed E-state index contributed by atoms with van der Waals surface area (Å²) in [5.74, 6) is 6.27. The van der Waals surface area contributed by atoms with Crippen molar-refractivity contribution in [1.82, 2.24) is 0 Å².